The molecule has 3 nitrogen and oxygen atoms in total. The van der Waals surface area contributed by atoms with Crippen LogP contribution in [0.5, 0.6) is 0 Å². The lowest BCUT2D eigenvalue weighted by atomic mass is 9.76. The Kier molecular flexibility index (Phi) is 4.31. The summed E-state index contributed by atoms with van der Waals surface area (Å²) in [5, 5.41) is 0. The summed E-state index contributed by atoms with van der Waals surface area (Å²) in [5.74, 6) is 0.940. The number of ether oxygens (including phenoxy) is 1. The van der Waals surface area contributed by atoms with Crippen LogP contribution in [-0.2, 0) is 9.53 Å². The Bertz CT molecular complexity index is 289. The molecule has 2 rings (SSSR count). The first-order chi connectivity index (χ1) is 8.47. The molecule has 0 aromatic carbocycles. The van der Waals surface area contributed by atoms with Gasteiger partial charge in [0.05, 0.1) is 12.5 Å². The van der Waals surface area contributed by atoms with Gasteiger partial charge in [0.2, 0.25) is 5.91 Å². The third-order valence-corrected chi connectivity index (χ3v) is 4.43. The third-order valence-electron chi connectivity index (χ3n) is 4.43. The van der Waals surface area contributed by atoms with Gasteiger partial charge in [-0.25, -0.2) is 0 Å². The maximum Gasteiger partial charge on any atom is 0.225 e. The van der Waals surface area contributed by atoms with Gasteiger partial charge in [-0.2, -0.15) is 0 Å². The Balaban J connectivity index is 1.86. The topological polar surface area (TPSA) is 29.5 Å². The highest BCUT2D eigenvalue weighted by Gasteiger charge is 2.32. The first-order valence-electron chi connectivity index (χ1n) is 7.36. The van der Waals surface area contributed by atoms with Crippen molar-refractivity contribution in [3.63, 3.8) is 0 Å². The second-order valence-electron chi connectivity index (χ2n) is 6.88. The van der Waals surface area contributed by atoms with Crippen molar-refractivity contribution >= 4 is 5.91 Å². The molecule has 0 aromatic heterocycles. The Morgan fingerprint density at radius 1 is 1.28 bits per heavy atom. The van der Waals surface area contributed by atoms with E-state index in [9.17, 15) is 4.79 Å². The zero-order chi connectivity index (χ0) is 13.2. The van der Waals surface area contributed by atoms with E-state index in [-0.39, 0.29) is 6.10 Å². The van der Waals surface area contributed by atoms with Crippen molar-refractivity contribution in [2.75, 3.05) is 19.7 Å². The van der Waals surface area contributed by atoms with Gasteiger partial charge < -0.3 is 9.64 Å². The molecule has 104 valence electrons. The number of carbonyl (C=O) groups is 1. The fraction of sp³-hybridized carbons (Fsp3) is 0.933. The third kappa shape index (κ3) is 3.47. The highest BCUT2D eigenvalue weighted by molar-refractivity contribution is 5.76. The van der Waals surface area contributed by atoms with E-state index in [0.717, 1.165) is 39.0 Å². The van der Waals surface area contributed by atoms with Crippen molar-refractivity contribution < 1.29 is 9.53 Å². The molecule has 0 bridgehead atoms. The van der Waals surface area contributed by atoms with E-state index in [0.29, 0.717) is 23.7 Å². The van der Waals surface area contributed by atoms with Crippen LogP contribution in [0.4, 0.5) is 0 Å². The van der Waals surface area contributed by atoms with Crippen LogP contribution in [0, 0.1) is 11.3 Å². The molecule has 2 saturated heterocycles. The van der Waals surface area contributed by atoms with Crippen molar-refractivity contribution in [3.05, 3.63) is 0 Å². The van der Waals surface area contributed by atoms with Crippen LogP contribution in [0.3, 0.4) is 0 Å². The van der Waals surface area contributed by atoms with Crippen LogP contribution in [0.25, 0.3) is 0 Å². The van der Waals surface area contributed by atoms with E-state index in [1.54, 1.807) is 0 Å². The monoisotopic (exact) mass is 253 g/mol. The number of nitrogens with zero attached hydrogens (tertiary/aromatic N) is 1. The highest BCUT2D eigenvalue weighted by Crippen LogP contribution is 2.33. The molecule has 2 aliphatic rings. The van der Waals surface area contributed by atoms with Gasteiger partial charge in [-0.1, -0.05) is 20.8 Å². The number of piperidine rings is 1. The summed E-state index contributed by atoms with van der Waals surface area (Å²) < 4.78 is 5.56. The van der Waals surface area contributed by atoms with Crippen LogP contribution in [0.1, 0.15) is 52.9 Å². The first kappa shape index (κ1) is 13.9. The first-order valence-corrected chi connectivity index (χ1v) is 7.36. The molecule has 0 radical (unpaired) electrons. The summed E-state index contributed by atoms with van der Waals surface area (Å²) in [7, 11) is 0. The zero-order valence-electron chi connectivity index (χ0n) is 12.1. The lowest BCUT2D eigenvalue weighted by Crippen LogP contribution is -2.44. The van der Waals surface area contributed by atoms with Crippen LogP contribution < -0.4 is 0 Å². The molecular formula is C15H27NO2. The number of likely N-dealkylation sites (tertiary alicyclic amines) is 1. The molecule has 18 heavy (non-hydrogen) atoms. The SMILES string of the molecule is CC(C)(C)C1CCCN(C(=O)CC2CCCO2)C1. The number of hydrogen-bond donors (Lipinski definition) is 0. The second kappa shape index (κ2) is 5.60. The van der Waals surface area contributed by atoms with Crippen LogP contribution >= 0.6 is 0 Å². The van der Waals surface area contributed by atoms with Gasteiger partial charge in [-0.3, -0.25) is 4.79 Å². The van der Waals surface area contributed by atoms with E-state index in [4.69, 9.17) is 4.74 Å². The van der Waals surface area contributed by atoms with Crippen LogP contribution in [0.15, 0.2) is 0 Å². The summed E-state index contributed by atoms with van der Waals surface area (Å²) >= 11 is 0. The molecule has 0 aromatic rings. The van der Waals surface area contributed by atoms with Crippen molar-refractivity contribution in [1.29, 1.82) is 0 Å². The Morgan fingerprint density at radius 3 is 2.67 bits per heavy atom. The summed E-state index contributed by atoms with van der Waals surface area (Å²) in [6, 6.07) is 0. The molecule has 2 fully saturated rings. The molecule has 0 N–H and O–H groups in total. The lowest BCUT2D eigenvalue weighted by Gasteiger charge is -2.40. The second-order valence-corrected chi connectivity index (χ2v) is 6.88. The normalized spacial score (nSPS) is 29.6. The van der Waals surface area contributed by atoms with Crippen molar-refractivity contribution in [3.8, 4) is 0 Å². The van der Waals surface area contributed by atoms with Crippen LogP contribution in [-0.4, -0.2) is 36.6 Å². The molecule has 3 heteroatoms. The van der Waals surface area contributed by atoms with E-state index in [1.807, 2.05) is 0 Å². The molecule has 0 aliphatic carbocycles. The zero-order valence-corrected chi connectivity index (χ0v) is 12.1. The molecular weight excluding hydrogens is 226 g/mol. The van der Waals surface area contributed by atoms with Gasteiger partial charge in [0.1, 0.15) is 0 Å². The Hall–Kier alpha value is -0.570. The number of hydrogen-bond acceptors (Lipinski definition) is 2. The molecule has 2 unspecified atom stereocenters. The number of amides is 1. The van der Waals surface area contributed by atoms with Gasteiger partial charge >= 0.3 is 0 Å². The van der Waals surface area contributed by atoms with Crippen molar-refractivity contribution in [2.24, 2.45) is 11.3 Å². The minimum Gasteiger partial charge on any atom is -0.378 e. The van der Waals surface area contributed by atoms with E-state index in [1.165, 1.54) is 6.42 Å². The molecule has 0 saturated carbocycles. The predicted molar refractivity (Wildman–Crippen MR) is 72.4 cm³/mol. The Morgan fingerprint density at radius 2 is 2.06 bits per heavy atom. The van der Waals surface area contributed by atoms with Gasteiger partial charge in [-0.05, 0) is 37.0 Å². The smallest absolute Gasteiger partial charge is 0.225 e. The van der Waals surface area contributed by atoms with E-state index in [2.05, 4.69) is 25.7 Å². The fourth-order valence-electron chi connectivity index (χ4n) is 3.04. The van der Waals surface area contributed by atoms with Gasteiger partial charge in [-0.15, -0.1) is 0 Å². The van der Waals surface area contributed by atoms with Gasteiger partial charge in [0, 0.05) is 19.7 Å². The predicted octanol–water partition coefficient (Wildman–Crippen LogP) is 2.84. The minimum absolute atomic E-state index is 0.188. The molecule has 1 amide bonds. The van der Waals surface area contributed by atoms with Crippen molar-refractivity contribution in [1.82, 2.24) is 4.90 Å². The maximum absolute atomic E-state index is 12.3. The van der Waals surface area contributed by atoms with Gasteiger partial charge in [0.15, 0.2) is 0 Å². The van der Waals surface area contributed by atoms with E-state index >= 15 is 0 Å². The summed E-state index contributed by atoms with van der Waals surface area (Å²) in [5.41, 5.74) is 0.308. The quantitative estimate of drug-likeness (QED) is 0.757. The fourth-order valence-corrected chi connectivity index (χ4v) is 3.04. The summed E-state index contributed by atoms with van der Waals surface area (Å²) in [4.78, 5) is 14.3. The van der Waals surface area contributed by atoms with Crippen LogP contribution in [0.2, 0.25) is 0 Å². The van der Waals surface area contributed by atoms with E-state index < -0.39 is 0 Å². The minimum atomic E-state index is 0.188. The Labute approximate surface area is 111 Å². The average Bonchev–Trinajstić information content (AvgIpc) is 2.81. The summed E-state index contributed by atoms with van der Waals surface area (Å²) in [6.07, 6.45) is 5.36. The van der Waals surface area contributed by atoms with Gasteiger partial charge in [0.25, 0.3) is 0 Å². The standard InChI is InChI=1S/C15H27NO2/c1-15(2,3)12-6-4-8-16(11-12)14(17)10-13-7-5-9-18-13/h12-13H,4-11H2,1-3H3. The number of carbonyl (C=O) groups excluding carboxylic acids is 1. The largest absolute Gasteiger partial charge is 0.378 e. The molecule has 2 aliphatic heterocycles. The highest BCUT2D eigenvalue weighted by atomic mass is 16.5. The lowest BCUT2D eigenvalue weighted by molar-refractivity contribution is -0.136. The maximum atomic E-state index is 12.3. The molecule has 0 spiro atoms. The molecule has 2 atom stereocenters. The molecule has 2 heterocycles. The number of rotatable bonds is 2. The van der Waals surface area contributed by atoms with Crippen molar-refractivity contribution in [2.45, 2.75) is 59.0 Å². The average molecular weight is 253 g/mol. The summed E-state index contributed by atoms with van der Waals surface area (Å²) in [6.45, 7) is 9.57.